The molecular formula is C14H21ClN2O2S. The van der Waals surface area contributed by atoms with Gasteiger partial charge in [0.15, 0.2) is 0 Å². The van der Waals surface area contributed by atoms with E-state index in [1.807, 2.05) is 43.3 Å². The first kappa shape index (κ1) is 15.8. The van der Waals surface area contributed by atoms with Crippen LogP contribution in [0.5, 0.6) is 0 Å². The number of nitrogens with zero attached hydrogens (tertiary/aromatic N) is 2. The summed E-state index contributed by atoms with van der Waals surface area (Å²) in [6, 6.07) is 7.44. The molecule has 0 radical (unpaired) electrons. The fourth-order valence-corrected chi connectivity index (χ4v) is 4.48. The van der Waals surface area contributed by atoms with E-state index in [4.69, 9.17) is 11.6 Å². The Bertz CT molecular complexity index is 543. The molecule has 0 N–H and O–H groups in total. The highest BCUT2D eigenvalue weighted by molar-refractivity contribution is 7.89. The third-order valence-electron chi connectivity index (χ3n) is 3.61. The van der Waals surface area contributed by atoms with Crippen LogP contribution in [0.4, 0.5) is 0 Å². The molecule has 112 valence electrons. The molecule has 1 aromatic carbocycles. The molecule has 0 aromatic heterocycles. The molecule has 0 bridgehead atoms. The van der Waals surface area contributed by atoms with Gasteiger partial charge in [-0.1, -0.05) is 23.7 Å². The number of hydrogen-bond donors (Lipinski definition) is 0. The summed E-state index contributed by atoms with van der Waals surface area (Å²) in [5.74, 6) is 0.171. The lowest BCUT2D eigenvalue weighted by Crippen LogP contribution is -2.35. The van der Waals surface area contributed by atoms with Crippen LogP contribution in [0.3, 0.4) is 0 Å². The monoisotopic (exact) mass is 316 g/mol. The Kier molecular flexibility index (Phi) is 5.07. The van der Waals surface area contributed by atoms with Crippen molar-refractivity contribution in [2.75, 3.05) is 32.9 Å². The highest BCUT2D eigenvalue weighted by Crippen LogP contribution is 2.34. The molecule has 1 saturated heterocycles. The molecule has 1 aliphatic rings. The van der Waals surface area contributed by atoms with Crippen LogP contribution in [-0.2, 0) is 10.0 Å². The molecule has 0 amide bonds. The summed E-state index contributed by atoms with van der Waals surface area (Å²) in [5, 5.41) is 0.675. The Morgan fingerprint density at radius 2 is 1.95 bits per heavy atom. The van der Waals surface area contributed by atoms with Gasteiger partial charge in [0.05, 0.1) is 5.75 Å². The smallest absolute Gasteiger partial charge is 0.215 e. The summed E-state index contributed by atoms with van der Waals surface area (Å²) in [6.07, 6.45) is 1.79. The molecule has 0 aliphatic carbocycles. The third-order valence-corrected chi connectivity index (χ3v) is 5.71. The van der Waals surface area contributed by atoms with Gasteiger partial charge in [-0.3, -0.25) is 0 Å². The normalized spacial score (nSPS) is 20.7. The lowest BCUT2D eigenvalue weighted by Gasteiger charge is -2.25. The molecule has 1 heterocycles. The Morgan fingerprint density at radius 3 is 2.55 bits per heavy atom. The molecule has 6 heteroatoms. The van der Waals surface area contributed by atoms with Gasteiger partial charge in [0.2, 0.25) is 10.0 Å². The average Bonchev–Trinajstić information content (AvgIpc) is 2.87. The number of sulfonamides is 1. The van der Waals surface area contributed by atoms with Crippen LogP contribution in [0, 0.1) is 0 Å². The number of hydrogen-bond acceptors (Lipinski definition) is 3. The molecule has 4 nitrogen and oxygen atoms in total. The molecule has 1 aliphatic heterocycles. The standard InChI is InChI=1S/C14H21ClN2O2S/c1-16(2)10-11-20(18,19)17-9-3-4-14(17)12-5-7-13(15)8-6-12/h5-8,14H,3-4,9-11H2,1-2H3. The second-order valence-corrected chi connectivity index (χ2v) is 7.92. The zero-order chi connectivity index (χ0) is 14.8. The Morgan fingerprint density at radius 1 is 1.30 bits per heavy atom. The molecule has 2 rings (SSSR count). The van der Waals surface area contributed by atoms with Crippen molar-refractivity contribution in [3.05, 3.63) is 34.9 Å². The maximum atomic E-state index is 12.5. The summed E-state index contributed by atoms with van der Waals surface area (Å²) >= 11 is 5.89. The fraction of sp³-hybridized carbons (Fsp3) is 0.571. The summed E-state index contributed by atoms with van der Waals surface area (Å²) in [6.45, 7) is 1.16. The van der Waals surface area contributed by atoms with Crippen LogP contribution >= 0.6 is 11.6 Å². The molecule has 20 heavy (non-hydrogen) atoms. The predicted molar refractivity (Wildman–Crippen MR) is 82.5 cm³/mol. The Hall–Kier alpha value is -0.620. The summed E-state index contributed by atoms with van der Waals surface area (Å²) in [4.78, 5) is 1.89. The van der Waals surface area contributed by atoms with Gasteiger partial charge in [-0.05, 0) is 44.6 Å². The average molecular weight is 317 g/mol. The second-order valence-electron chi connectivity index (χ2n) is 5.44. The van der Waals surface area contributed by atoms with E-state index in [-0.39, 0.29) is 11.8 Å². The van der Waals surface area contributed by atoms with Gasteiger partial charge in [0.25, 0.3) is 0 Å². The van der Waals surface area contributed by atoms with Crippen LogP contribution in [0.1, 0.15) is 24.4 Å². The number of rotatable bonds is 5. The van der Waals surface area contributed by atoms with Gasteiger partial charge in [-0.15, -0.1) is 0 Å². The van der Waals surface area contributed by atoms with Crippen molar-refractivity contribution in [3.8, 4) is 0 Å². The van der Waals surface area contributed by atoms with Gasteiger partial charge >= 0.3 is 0 Å². The van der Waals surface area contributed by atoms with Crippen molar-refractivity contribution in [2.24, 2.45) is 0 Å². The maximum absolute atomic E-state index is 12.5. The van der Waals surface area contributed by atoms with E-state index in [0.717, 1.165) is 18.4 Å². The van der Waals surface area contributed by atoms with Crippen molar-refractivity contribution in [1.82, 2.24) is 9.21 Å². The second kappa shape index (κ2) is 6.43. The molecule has 0 saturated carbocycles. The van der Waals surface area contributed by atoms with E-state index < -0.39 is 10.0 Å². The zero-order valence-corrected chi connectivity index (χ0v) is 13.5. The molecule has 1 atom stereocenters. The lowest BCUT2D eigenvalue weighted by molar-refractivity contribution is 0.384. The van der Waals surface area contributed by atoms with E-state index in [2.05, 4.69) is 0 Å². The van der Waals surface area contributed by atoms with Gasteiger partial charge < -0.3 is 4.90 Å². The first-order valence-corrected chi connectivity index (χ1v) is 8.78. The minimum atomic E-state index is -3.20. The van der Waals surface area contributed by atoms with Gasteiger partial charge in [0, 0.05) is 24.2 Å². The first-order chi connectivity index (χ1) is 9.40. The summed E-state index contributed by atoms with van der Waals surface area (Å²) < 4.78 is 26.6. The van der Waals surface area contributed by atoms with Crippen molar-refractivity contribution in [1.29, 1.82) is 0 Å². The number of benzene rings is 1. The van der Waals surface area contributed by atoms with Crippen molar-refractivity contribution in [3.63, 3.8) is 0 Å². The molecular weight excluding hydrogens is 296 g/mol. The highest BCUT2D eigenvalue weighted by atomic mass is 35.5. The van der Waals surface area contributed by atoms with Crippen LogP contribution in [-0.4, -0.2) is 50.6 Å². The zero-order valence-electron chi connectivity index (χ0n) is 11.9. The van der Waals surface area contributed by atoms with Crippen LogP contribution in [0.2, 0.25) is 5.02 Å². The Balaban J connectivity index is 2.16. The van der Waals surface area contributed by atoms with E-state index in [9.17, 15) is 8.42 Å². The van der Waals surface area contributed by atoms with Crippen LogP contribution in [0.25, 0.3) is 0 Å². The maximum Gasteiger partial charge on any atom is 0.215 e. The minimum absolute atomic E-state index is 0.0422. The van der Waals surface area contributed by atoms with E-state index in [1.54, 1.807) is 4.31 Å². The van der Waals surface area contributed by atoms with Gasteiger partial charge in [-0.2, -0.15) is 4.31 Å². The molecule has 1 aromatic rings. The van der Waals surface area contributed by atoms with E-state index in [1.165, 1.54) is 0 Å². The predicted octanol–water partition coefficient (Wildman–Crippen LogP) is 2.37. The van der Waals surface area contributed by atoms with E-state index >= 15 is 0 Å². The van der Waals surface area contributed by atoms with Gasteiger partial charge in [0.1, 0.15) is 0 Å². The minimum Gasteiger partial charge on any atom is -0.308 e. The van der Waals surface area contributed by atoms with Gasteiger partial charge in [-0.25, -0.2) is 8.42 Å². The lowest BCUT2D eigenvalue weighted by atomic mass is 10.1. The molecule has 1 unspecified atom stereocenters. The summed E-state index contributed by atoms with van der Waals surface area (Å²) in [5.41, 5.74) is 1.03. The van der Waals surface area contributed by atoms with Crippen molar-refractivity contribution < 1.29 is 8.42 Å². The quantitative estimate of drug-likeness (QED) is 0.837. The third kappa shape index (κ3) is 3.73. The topological polar surface area (TPSA) is 40.6 Å². The number of halogens is 1. The van der Waals surface area contributed by atoms with Crippen molar-refractivity contribution >= 4 is 21.6 Å². The Labute approximate surface area is 126 Å². The van der Waals surface area contributed by atoms with Crippen LogP contribution in [0.15, 0.2) is 24.3 Å². The highest BCUT2D eigenvalue weighted by Gasteiger charge is 2.34. The summed E-state index contributed by atoms with van der Waals surface area (Å²) in [7, 11) is 0.566. The van der Waals surface area contributed by atoms with Crippen LogP contribution < -0.4 is 0 Å². The fourth-order valence-electron chi connectivity index (χ4n) is 2.51. The SMILES string of the molecule is CN(C)CCS(=O)(=O)N1CCCC1c1ccc(Cl)cc1. The molecule has 0 spiro atoms. The first-order valence-electron chi connectivity index (χ1n) is 6.80. The largest absolute Gasteiger partial charge is 0.308 e. The van der Waals surface area contributed by atoms with Crippen molar-refractivity contribution in [2.45, 2.75) is 18.9 Å². The molecule has 1 fully saturated rings. The van der Waals surface area contributed by atoms with E-state index in [0.29, 0.717) is 18.1 Å².